The highest BCUT2D eigenvalue weighted by Gasteiger charge is 2.12. The highest BCUT2D eigenvalue weighted by molar-refractivity contribution is 5.98. The second-order valence-electron chi connectivity index (χ2n) is 4.79. The van der Waals surface area contributed by atoms with E-state index in [2.05, 4.69) is 0 Å². The zero-order valence-electron chi connectivity index (χ0n) is 11.6. The van der Waals surface area contributed by atoms with Crippen LogP contribution < -0.4 is 4.74 Å². The molecule has 0 aliphatic heterocycles. The Morgan fingerprint density at radius 2 is 1.79 bits per heavy atom. The van der Waals surface area contributed by atoms with Crippen molar-refractivity contribution >= 4 is 5.78 Å². The number of ether oxygens (including phenoxy) is 1. The minimum Gasteiger partial charge on any atom is -0.488 e. The number of carbonyl (C=O) groups is 1. The van der Waals surface area contributed by atoms with Gasteiger partial charge in [-0.15, -0.1) is 0 Å². The molecule has 0 aromatic heterocycles. The van der Waals surface area contributed by atoms with Crippen molar-refractivity contribution in [1.29, 1.82) is 0 Å². The molecule has 0 N–H and O–H groups in total. The van der Waals surface area contributed by atoms with Crippen molar-refractivity contribution in [2.24, 2.45) is 0 Å². The third-order valence-electron chi connectivity index (χ3n) is 3.03. The highest BCUT2D eigenvalue weighted by atomic mass is 16.5. The minimum absolute atomic E-state index is 0.0422. The molecule has 0 heterocycles. The van der Waals surface area contributed by atoms with Crippen molar-refractivity contribution in [3.8, 4) is 5.75 Å². The third kappa shape index (κ3) is 3.22. The monoisotopic (exact) mass is 254 g/mol. The van der Waals surface area contributed by atoms with Gasteiger partial charge < -0.3 is 4.74 Å². The molecule has 0 amide bonds. The summed E-state index contributed by atoms with van der Waals surface area (Å²) in [5.41, 5.74) is 3.85. The molecule has 2 nitrogen and oxygen atoms in total. The Hall–Kier alpha value is -2.09. The molecule has 0 fully saturated rings. The molecule has 2 rings (SSSR count). The van der Waals surface area contributed by atoms with E-state index in [0.29, 0.717) is 17.9 Å². The predicted octanol–water partition coefficient (Wildman–Crippen LogP) is 4.09. The molecule has 0 unspecified atom stereocenters. The molecule has 0 radical (unpaired) electrons. The molecule has 0 saturated carbocycles. The fraction of sp³-hybridized carbons (Fsp3) is 0.235. The minimum atomic E-state index is 0.0422. The molecule has 2 aromatic rings. The fourth-order valence-electron chi connectivity index (χ4n) is 2.23. The van der Waals surface area contributed by atoms with Gasteiger partial charge in [-0.05, 0) is 43.5 Å². The molecule has 0 spiro atoms. The summed E-state index contributed by atoms with van der Waals surface area (Å²) < 4.78 is 5.83. The van der Waals surface area contributed by atoms with Crippen molar-refractivity contribution in [2.75, 3.05) is 0 Å². The molecule has 2 aromatic carbocycles. The number of ketones is 1. The maximum absolute atomic E-state index is 11.7. The number of benzene rings is 2. The first kappa shape index (κ1) is 13.3. The average molecular weight is 254 g/mol. The topological polar surface area (TPSA) is 26.3 Å². The number of aryl methyl sites for hydroxylation is 2. The quantitative estimate of drug-likeness (QED) is 0.768. The smallest absolute Gasteiger partial charge is 0.163 e. The van der Waals surface area contributed by atoms with Gasteiger partial charge in [0.05, 0.1) is 5.56 Å². The van der Waals surface area contributed by atoms with Gasteiger partial charge in [0.2, 0.25) is 0 Å². The fourth-order valence-corrected chi connectivity index (χ4v) is 2.23. The predicted molar refractivity (Wildman–Crippen MR) is 76.7 cm³/mol. The van der Waals surface area contributed by atoms with Crippen LogP contribution in [0, 0.1) is 13.8 Å². The maximum Gasteiger partial charge on any atom is 0.163 e. The molecule has 0 bridgehead atoms. The van der Waals surface area contributed by atoms with Crippen LogP contribution in [-0.4, -0.2) is 5.78 Å². The van der Waals surface area contributed by atoms with E-state index in [9.17, 15) is 4.79 Å². The normalized spacial score (nSPS) is 10.3. The van der Waals surface area contributed by atoms with Crippen molar-refractivity contribution in [1.82, 2.24) is 0 Å². The number of Topliss-reactive ketones (excluding diaryl/α,β-unsaturated/α-hetero) is 1. The molecular formula is C17H18O2. The van der Waals surface area contributed by atoms with Gasteiger partial charge in [0, 0.05) is 0 Å². The van der Waals surface area contributed by atoms with Crippen LogP contribution in [0.15, 0.2) is 42.5 Å². The van der Waals surface area contributed by atoms with E-state index in [1.165, 1.54) is 0 Å². The van der Waals surface area contributed by atoms with Gasteiger partial charge in [0.25, 0.3) is 0 Å². The summed E-state index contributed by atoms with van der Waals surface area (Å²) in [7, 11) is 0. The molecule has 2 heteroatoms. The summed E-state index contributed by atoms with van der Waals surface area (Å²) in [6, 6.07) is 13.9. The summed E-state index contributed by atoms with van der Waals surface area (Å²) in [5.74, 6) is 0.717. The summed E-state index contributed by atoms with van der Waals surface area (Å²) in [5, 5.41) is 0. The summed E-state index contributed by atoms with van der Waals surface area (Å²) >= 11 is 0. The van der Waals surface area contributed by atoms with Crippen molar-refractivity contribution in [2.45, 2.75) is 27.4 Å². The lowest BCUT2D eigenvalue weighted by atomic mass is 10.0. The van der Waals surface area contributed by atoms with Gasteiger partial charge in [-0.3, -0.25) is 4.79 Å². The van der Waals surface area contributed by atoms with Crippen molar-refractivity contribution in [3.63, 3.8) is 0 Å². The second-order valence-corrected chi connectivity index (χ2v) is 4.79. The van der Waals surface area contributed by atoms with Crippen LogP contribution in [0.25, 0.3) is 0 Å². The lowest BCUT2D eigenvalue weighted by molar-refractivity contribution is 0.101. The van der Waals surface area contributed by atoms with Crippen LogP contribution >= 0.6 is 0 Å². The zero-order valence-corrected chi connectivity index (χ0v) is 11.6. The first-order chi connectivity index (χ1) is 9.08. The van der Waals surface area contributed by atoms with E-state index in [-0.39, 0.29) is 5.78 Å². The van der Waals surface area contributed by atoms with Gasteiger partial charge in [-0.1, -0.05) is 36.4 Å². The Morgan fingerprint density at radius 3 is 2.42 bits per heavy atom. The van der Waals surface area contributed by atoms with E-state index in [1.807, 2.05) is 56.3 Å². The molecule has 0 atom stereocenters. The van der Waals surface area contributed by atoms with Crippen LogP contribution in [0.2, 0.25) is 0 Å². The Kier molecular flexibility index (Phi) is 4.00. The Bertz CT molecular complexity index is 586. The zero-order chi connectivity index (χ0) is 13.8. The lowest BCUT2D eigenvalue weighted by Crippen LogP contribution is -2.04. The second kappa shape index (κ2) is 5.70. The van der Waals surface area contributed by atoms with Gasteiger partial charge in [-0.25, -0.2) is 0 Å². The van der Waals surface area contributed by atoms with Crippen LogP contribution in [-0.2, 0) is 6.61 Å². The maximum atomic E-state index is 11.7. The number of rotatable bonds is 4. The Morgan fingerprint density at radius 1 is 1.11 bits per heavy atom. The molecule has 0 aliphatic carbocycles. The molecule has 19 heavy (non-hydrogen) atoms. The van der Waals surface area contributed by atoms with Crippen LogP contribution in [0.5, 0.6) is 5.75 Å². The summed E-state index contributed by atoms with van der Waals surface area (Å²) in [6.45, 7) is 6.00. The molecule has 98 valence electrons. The van der Waals surface area contributed by atoms with Gasteiger partial charge in [-0.2, -0.15) is 0 Å². The molecule has 0 aliphatic rings. The van der Waals surface area contributed by atoms with E-state index < -0.39 is 0 Å². The van der Waals surface area contributed by atoms with Crippen LogP contribution in [0.1, 0.15) is 34.0 Å². The number of hydrogen-bond donors (Lipinski definition) is 0. The van der Waals surface area contributed by atoms with E-state index in [0.717, 1.165) is 16.7 Å². The van der Waals surface area contributed by atoms with Gasteiger partial charge in [0.1, 0.15) is 12.4 Å². The Balaban J connectivity index is 2.27. The first-order valence-corrected chi connectivity index (χ1v) is 6.37. The number of hydrogen-bond acceptors (Lipinski definition) is 2. The van der Waals surface area contributed by atoms with E-state index in [1.54, 1.807) is 6.92 Å². The van der Waals surface area contributed by atoms with Gasteiger partial charge >= 0.3 is 0 Å². The van der Waals surface area contributed by atoms with Gasteiger partial charge in [0.15, 0.2) is 5.78 Å². The van der Waals surface area contributed by atoms with Crippen molar-refractivity contribution in [3.05, 3.63) is 64.7 Å². The van der Waals surface area contributed by atoms with Crippen molar-refractivity contribution < 1.29 is 9.53 Å². The van der Waals surface area contributed by atoms with Crippen LogP contribution in [0.4, 0.5) is 0 Å². The standard InChI is InChI=1S/C17H18O2/c1-12-9-13(2)17(14(3)18)16(10-12)19-11-15-7-5-4-6-8-15/h4-10H,11H2,1-3H3. The largest absolute Gasteiger partial charge is 0.488 e. The SMILES string of the molecule is CC(=O)c1c(C)cc(C)cc1OCc1ccccc1. The van der Waals surface area contributed by atoms with E-state index in [4.69, 9.17) is 4.74 Å². The highest BCUT2D eigenvalue weighted by Crippen LogP contribution is 2.25. The molecular weight excluding hydrogens is 236 g/mol. The van der Waals surface area contributed by atoms with Crippen LogP contribution in [0.3, 0.4) is 0 Å². The first-order valence-electron chi connectivity index (χ1n) is 6.37. The third-order valence-corrected chi connectivity index (χ3v) is 3.03. The summed E-state index contributed by atoms with van der Waals surface area (Å²) in [4.78, 5) is 11.7. The average Bonchev–Trinajstić information content (AvgIpc) is 2.36. The van der Waals surface area contributed by atoms with E-state index >= 15 is 0 Å². The lowest BCUT2D eigenvalue weighted by Gasteiger charge is -2.13. The summed E-state index contributed by atoms with van der Waals surface area (Å²) in [6.07, 6.45) is 0. The Labute approximate surface area is 114 Å². The number of carbonyl (C=O) groups excluding carboxylic acids is 1. The molecule has 0 saturated heterocycles.